The summed E-state index contributed by atoms with van der Waals surface area (Å²) in [6.45, 7) is 5.21. The summed E-state index contributed by atoms with van der Waals surface area (Å²) in [6, 6.07) is 14.9. The van der Waals surface area contributed by atoms with Crippen molar-refractivity contribution in [3.63, 3.8) is 0 Å². The lowest BCUT2D eigenvalue weighted by Crippen LogP contribution is -2.42. The molecule has 0 aromatic heterocycles. The third kappa shape index (κ3) is 5.84. The Labute approximate surface area is 181 Å². The van der Waals surface area contributed by atoms with E-state index in [9.17, 15) is 19.5 Å². The second kappa shape index (κ2) is 9.20. The molecule has 0 fully saturated rings. The molecular formula is C24H26NO6-. The molecule has 7 heteroatoms. The number of alkyl carbamates (subject to hydrolysis) is 1. The second-order valence-corrected chi connectivity index (χ2v) is 8.53. The minimum atomic E-state index is -1.38. The lowest BCUT2D eigenvalue weighted by Gasteiger charge is -2.23. The van der Waals surface area contributed by atoms with E-state index in [1.165, 1.54) is 0 Å². The molecule has 7 nitrogen and oxygen atoms in total. The summed E-state index contributed by atoms with van der Waals surface area (Å²) in [7, 11) is 0. The van der Waals surface area contributed by atoms with Gasteiger partial charge in [0.25, 0.3) is 0 Å². The molecule has 2 aromatic rings. The van der Waals surface area contributed by atoms with E-state index in [-0.39, 0.29) is 18.9 Å². The number of aliphatic carboxylic acids is 1. The van der Waals surface area contributed by atoms with Crippen LogP contribution in [0, 0.1) is 0 Å². The number of hydrogen-bond acceptors (Lipinski definition) is 6. The number of hydrogen-bond donors (Lipinski definition) is 1. The van der Waals surface area contributed by atoms with Crippen LogP contribution in [0.3, 0.4) is 0 Å². The van der Waals surface area contributed by atoms with Gasteiger partial charge < -0.3 is 24.7 Å². The number of carboxylic acids is 1. The maximum absolute atomic E-state index is 12.4. The average molecular weight is 424 g/mol. The zero-order valence-corrected chi connectivity index (χ0v) is 17.8. The van der Waals surface area contributed by atoms with Crippen molar-refractivity contribution in [1.82, 2.24) is 5.32 Å². The largest absolute Gasteiger partial charge is 0.550 e. The van der Waals surface area contributed by atoms with E-state index in [0.717, 1.165) is 22.3 Å². The Kier molecular flexibility index (Phi) is 6.63. The van der Waals surface area contributed by atoms with Gasteiger partial charge >= 0.3 is 12.1 Å². The first-order chi connectivity index (χ1) is 14.6. The molecule has 164 valence electrons. The van der Waals surface area contributed by atoms with Crippen LogP contribution in [0.1, 0.15) is 50.7 Å². The van der Waals surface area contributed by atoms with Gasteiger partial charge in [-0.15, -0.1) is 0 Å². The number of esters is 1. The Bertz CT molecular complexity index is 933. The van der Waals surface area contributed by atoms with Crippen molar-refractivity contribution < 1.29 is 29.0 Å². The van der Waals surface area contributed by atoms with E-state index < -0.39 is 36.1 Å². The summed E-state index contributed by atoms with van der Waals surface area (Å²) in [5, 5.41) is 13.5. The highest BCUT2D eigenvalue weighted by Gasteiger charge is 2.29. The van der Waals surface area contributed by atoms with Gasteiger partial charge in [-0.3, -0.25) is 4.79 Å². The van der Waals surface area contributed by atoms with Gasteiger partial charge in [0.15, 0.2) is 0 Å². The van der Waals surface area contributed by atoms with Crippen molar-refractivity contribution in [3.8, 4) is 11.1 Å². The maximum Gasteiger partial charge on any atom is 0.407 e. The van der Waals surface area contributed by atoms with Crippen molar-refractivity contribution in [1.29, 1.82) is 0 Å². The third-order valence-corrected chi connectivity index (χ3v) is 4.91. The van der Waals surface area contributed by atoms with Gasteiger partial charge in [-0.05, 0) is 43.0 Å². The number of rotatable bonds is 7. The van der Waals surface area contributed by atoms with E-state index in [0.29, 0.717) is 0 Å². The summed E-state index contributed by atoms with van der Waals surface area (Å²) in [6.07, 6.45) is -1.62. The zero-order valence-electron chi connectivity index (χ0n) is 17.8. The zero-order chi connectivity index (χ0) is 22.6. The lowest BCUT2D eigenvalue weighted by molar-refractivity contribution is -0.306. The summed E-state index contributed by atoms with van der Waals surface area (Å²) >= 11 is 0. The summed E-state index contributed by atoms with van der Waals surface area (Å²) in [5.74, 6) is -2.12. The van der Waals surface area contributed by atoms with E-state index >= 15 is 0 Å². The monoisotopic (exact) mass is 424 g/mol. The van der Waals surface area contributed by atoms with E-state index in [2.05, 4.69) is 5.32 Å². The quantitative estimate of drug-likeness (QED) is 0.686. The van der Waals surface area contributed by atoms with Crippen molar-refractivity contribution in [3.05, 3.63) is 59.7 Å². The molecule has 2 aromatic carbocycles. The highest BCUT2D eigenvalue weighted by atomic mass is 16.6. The summed E-state index contributed by atoms with van der Waals surface area (Å²) in [5.41, 5.74) is 3.62. The number of carboxylic acid groups (broad SMARTS) is 1. The van der Waals surface area contributed by atoms with Gasteiger partial charge in [-0.25, -0.2) is 4.79 Å². The Morgan fingerprint density at radius 1 is 0.968 bits per heavy atom. The van der Waals surface area contributed by atoms with E-state index in [1.807, 2.05) is 48.5 Å². The Morgan fingerprint density at radius 3 is 2.03 bits per heavy atom. The van der Waals surface area contributed by atoms with Crippen molar-refractivity contribution in [2.75, 3.05) is 6.61 Å². The van der Waals surface area contributed by atoms with Gasteiger partial charge in [-0.2, -0.15) is 0 Å². The fourth-order valence-electron chi connectivity index (χ4n) is 3.77. The topological polar surface area (TPSA) is 105 Å². The molecule has 0 bridgehead atoms. The van der Waals surface area contributed by atoms with Crippen LogP contribution < -0.4 is 10.4 Å². The van der Waals surface area contributed by atoms with E-state index in [1.54, 1.807) is 20.8 Å². The molecule has 3 rings (SSSR count). The first-order valence-corrected chi connectivity index (χ1v) is 10.2. The highest BCUT2D eigenvalue weighted by molar-refractivity contribution is 5.79. The minimum absolute atomic E-state index is 0.0876. The molecular weight excluding hydrogens is 398 g/mol. The SMILES string of the molecule is CC(C)(C)OC(=O)C[C@H](CC(=O)[O-])NC(=O)OCC1c2ccccc2-c2ccccc21. The molecule has 1 N–H and O–H groups in total. The Balaban J connectivity index is 1.64. The molecule has 1 atom stereocenters. The van der Waals surface area contributed by atoms with Crippen LogP contribution in [0.15, 0.2) is 48.5 Å². The molecule has 0 radical (unpaired) electrons. The predicted octanol–water partition coefficient (Wildman–Crippen LogP) is 2.77. The number of carbonyl (C=O) groups excluding carboxylic acids is 3. The number of fused-ring (bicyclic) bond motifs is 3. The van der Waals surface area contributed by atoms with Crippen LogP contribution in [0.25, 0.3) is 11.1 Å². The van der Waals surface area contributed by atoms with Gasteiger partial charge in [-0.1, -0.05) is 48.5 Å². The molecule has 0 heterocycles. The summed E-state index contributed by atoms with van der Waals surface area (Å²) in [4.78, 5) is 35.5. The van der Waals surface area contributed by atoms with Crippen molar-refractivity contribution in [2.45, 2.75) is 51.2 Å². The first-order valence-electron chi connectivity index (χ1n) is 10.2. The van der Waals surface area contributed by atoms with Crippen LogP contribution in [-0.2, 0) is 19.1 Å². The molecule has 1 aliphatic carbocycles. The molecule has 0 saturated heterocycles. The maximum atomic E-state index is 12.4. The van der Waals surface area contributed by atoms with Crippen LogP contribution in [0.2, 0.25) is 0 Å². The standard InChI is InChI=1S/C24H27NO6/c1-24(2,3)31-22(28)13-15(12-21(26)27)25-23(29)30-14-20-18-10-6-4-8-16(18)17-9-5-7-11-19(17)20/h4-11,15,20H,12-14H2,1-3H3,(H,25,29)(H,26,27)/p-1/t15-/m0/s1. The normalized spacial score (nSPS) is 13.6. The predicted molar refractivity (Wildman–Crippen MR) is 112 cm³/mol. The smallest absolute Gasteiger partial charge is 0.407 e. The van der Waals surface area contributed by atoms with Gasteiger partial charge in [0.2, 0.25) is 0 Å². The van der Waals surface area contributed by atoms with Crippen molar-refractivity contribution in [2.24, 2.45) is 0 Å². The van der Waals surface area contributed by atoms with Gasteiger partial charge in [0, 0.05) is 24.3 Å². The molecule has 1 amide bonds. The lowest BCUT2D eigenvalue weighted by atomic mass is 9.98. The molecule has 31 heavy (non-hydrogen) atoms. The highest BCUT2D eigenvalue weighted by Crippen LogP contribution is 2.44. The fourth-order valence-corrected chi connectivity index (χ4v) is 3.77. The average Bonchev–Trinajstić information content (AvgIpc) is 2.98. The van der Waals surface area contributed by atoms with E-state index in [4.69, 9.17) is 9.47 Å². The number of benzene rings is 2. The molecule has 1 aliphatic rings. The molecule has 0 saturated carbocycles. The number of nitrogens with one attached hydrogen (secondary N) is 1. The second-order valence-electron chi connectivity index (χ2n) is 8.53. The van der Waals surface area contributed by atoms with Crippen LogP contribution in [0.4, 0.5) is 4.79 Å². The number of ether oxygens (including phenoxy) is 2. The fraction of sp³-hybridized carbons (Fsp3) is 0.375. The van der Waals surface area contributed by atoms with Crippen LogP contribution in [0.5, 0.6) is 0 Å². The Hall–Kier alpha value is -3.35. The van der Waals surface area contributed by atoms with Crippen LogP contribution >= 0.6 is 0 Å². The summed E-state index contributed by atoms with van der Waals surface area (Å²) < 4.78 is 10.6. The number of amides is 1. The Morgan fingerprint density at radius 2 is 1.52 bits per heavy atom. The number of carbonyl (C=O) groups is 3. The molecule has 0 unspecified atom stereocenters. The van der Waals surface area contributed by atoms with Gasteiger partial charge in [0.05, 0.1) is 6.42 Å². The molecule has 0 aliphatic heterocycles. The van der Waals surface area contributed by atoms with Gasteiger partial charge in [0.1, 0.15) is 12.2 Å². The van der Waals surface area contributed by atoms with Crippen LogP contribution in [-0.4, -0.2) is 36.3 Å². The van der Waals surface area contributed by atoms with Crippen molar-refractivity contribution >= 4 is 18.0 Å². The first kappa shape index (κ1) is 22.3. The minimum Gasteiger partial charge on any atom is -0.550 e. The molecule has 0 spiro atoms. The third-order valence-electron chi connectivity index (χ3n) is 4.91.